The van der Waals surface area contributed by atoms with Gasteiger partial charge in [-0.1, -0.05) is 54.9 Å². The van der Waals surface area contributed by atoms with Crippen molar-refractivity contribution in [1.29, 1.82) is 0 Å². The van der Waals surface area contributed by atoms with E-state index in [2.05, 4.69) is 26.3 Å². The van der Waals surface area contributed by atoms with Crippen LogP contribution in [0.4, 0.5) is 5.69 Å². The van der Waals surface area contributed by atoms with Crippen LogP contribution in [0, 0.1) is 0 Å². The fraction of sp³-hybridized carbons (Fsp3) is 0.714. The molecule has 144 valence electrons. The molecular formula is C21H37NO3. The Morgan fingerprint density at radius 2 is 1.76 bits per heavy atom. The lowest BCUT2D eigenvalue weighted by atomic mass is 9.76. The Hall–Kier alpha value is -1.42. The molecule has 1 aliphatic carbocycles. The van der Waals surface area contributed by atoms with Gasteiger partial charge in [-0.25, -0.2) is 0 Å². The summed E-state index contributed by atoms with van der Waals surface area (Å²) in [6, 6.07) is 1.89. The number of aromatic hydroxyl groups is 1. The Morgan fingerprint density at radius 3 is 2.12 bits per heavy atom. The van der Waals surface area contributed by atoms with Crippen LogP contribution >= 0.6 is 0 Å². The number of hydrogen-bond donors (Lipinski definition) is 3. The predicted molar refractivity (Wildman–Crippen MR) is 105 cm³/mol. The molecule has 0 radical (unpaired) electrons. The van der Waals surface area contributed by atoms with E-state index in [1.54, 1.807) is 0 Å². The van der Waals surface area contributed by atoms with Crippen molar-refractivity contribution in [1.82, 2.24) is 0 Å². The number of phenolic OH excluding ortho intramolecular Hbond substituents is 1. The maximum atomic E-state index is 10.6. The summed E-state index contributed by atoms with van der Waals surface area (Å²) >= 11 is 0. The second kappa shape index (κ2) is 9.33. The quantitative estimate of drug-likeness (QED) is 0.486. The molecule has 25 heavy (non-hydrogen) atoms. The van der Waals surface area contributed by atoms with Gasteiger partial charge in [-0.15, -0.1) is 0 Å². The fourth-order valence-corrected chi connectivity index (χ4v) is 3.55. The third kappa shape index (κ3) is 4.60. The van der Waals surface area contributed by atoms with Crippen molar-refractivity contribution in [3.8, 4) is 11.5 Å². The van der Waals surface area contributed by atoms with E-state index in [9.17, 15) is 10.3 Å². The smallest absolute Gasteiger partial charge is 0.146 e. The van der Waals surface area contributed by atoms with Crippen LogP contribution in [-0.4, -0.2) is 15.9 Å². The lowest BCUT2D eigenvalue weighted by Crippen LogP contribution is -2.43. The summed E-state index contributed by atoms with van der Waals surface area (Å²) in [6.45, 7) is 14.3. The Labute approximate surface area is 153 Å². The Balaban J connectivity index is 0.00000151. The van der Waals surface area contributed by atoms with Crippen LogP contribution < -0.4 is 10.2 Å². The summed E-state index contributed by atoms with van der Waals surface area (Å²) in [5.41, 5.74) is 4.26. The third-order valence-corrected chi connectivity index (χ3v) is 4.94. The van der Waals surface area contributed by atoms with Gasteiger partial charge in [0.25, 0.3) is 0 Å². The Kier molecular flexibility index (Phi) is 8.07. The van der Waals surface area contributed by atoms with Gasteiger partial charge >= 0.3 is 0 Å². The summed E-state index contributed by atoms with van der Waals surface area (Å²) in [7, 11) is 0. The molecule has 0 heterocycles. The second-order valence-electron chi connectivity index (χ2n) is 7.41. The predicted octanol–water partition coefficient (Wildman–Crippen LogP) is 6.57. The minimum Gasteiger partial charge on any atom is -0.507 e. The van der Waals surface area contributed by atoms with E-state index in [0.29, 0.717) is 11.4 Å². The number of hydrogen-bond acceptors (Lipinski definition) is 4. The Morgan fingerprint density at radius 1 is 1.16 bits per heavy atom. The van der Waals surface area contributed by atoms with E-state index in [-0.39, 0.29) is 23.2 Å². The van der Waals surface area contributed by atoms with Crippen LogP contribution in [0.25, 0.3) is 0 Å². The highest BCUT2D eigenvalue weighted by Gasteiger charge is 2.39. The first kappa shape index (κ1) is 21.6. The molecule has 0 aliphatic heterocycles. The first-order valence-corrected chi connectivity index (χ1v) is 9.84. The van der Waals surface area contributed by atoms with E-state index < -0.39 is 0 Å². The summed E-state index contributed by atoms with van der Waals surface area (Å²) in [6.07, 6.45) is 5.40. The third-order valence-electron chi connectivity index (χ3n) is 4.94. The van der Waals surface area contributed by atoms with Gasteiger partial charge in [0, 0.05) is 11.1 Å². The minimum absolute atomic E-state index is 0.0780. The van der Waals surface area contributed by atoms with Crippen molar-refractivity contribution in [2.75, 3.05) is 5.48 Å². The molecule has 1 fully saturated rings. The van der Waals surface area contributed by atoms with Gasteiger partial charge in [0.05, 0.1) is 0 Å². The minimum atomic E-state index is -0.111. The molecule has 1 saturated carbocycles. The molecule has 1 aromatic carbocycles. The van der Waals surface area contributed by atoms with Gasteiger partial charge < -0.3 is 9.84 Å². The van der Waals surface area contributed by atoms with Crippen molar-refractivity contribution in [3.05, 3.63) is 17.2 Å². The lowest BCUT2D eigenvalue weighted by Gasteiger charge is -2.42. The summed E-state index contributed by atoms with van der Waals surface area (Å²) < 4.78 is 6.40. The van der Waals surface area contributed by atoms with E-state index >= 15 is 0 Å². The molecule has 0 atom stereocenters. The van der Waals surface area contributed by atoms with E-state index in [0.717, 1.165) is 36.8 Å². The second-order valence-corrected chi connectivity index (χ2v) is 7.41. The number of nitrogens with one attached hydrogen (secondary N) is 1. The molecule has 4 heteroatoms. The average molecular weight is 352 g/mol. The van der Waals surface area contributed by atoms with Crippen molar-refractivity contribution in [2.24, 2.45) is 0 Å². The highest BCUT2D eigenvalue weighted by atomic mass is 16.5. The molecule has 1 aliphatic rings. The molecule has 0 saturated heterocycles. The normalized spacial score (nSPS) is 15.4. The van der Waals surface area contributed by atoms with Crippen LogP contribution in [0.15, 0.2) is 6.07 Å². The van der Waals surface area contributed by atoms with Crippen molar-refractivity contribution in [2.45, 2.75) is 98.0 Å². The molecule has 0 amide bonds. The van der Waals surface area contributed by atoms with Gasteiger partial charge in [-0.2, -0.15) is 0 Å². The van der Waals surface area contributed by atoms with Crippen LogP contribution in [0.3, 0.4) is 0 Å². The first-order chi connectivity index (χ1) is 11.8. The number of benzene rings is 1. The van der Waals surface area contributed by atoms with Crippen molar-refractivity contribution in [3.63, 3.8) is 0 Å². The maximum Gasteiger partial charge on any atom is 0.146 e. The standard InChI is InChI=1S/C19H31NO3.C2H6/c1-6-8-19(9-7-10-19)23-15-11-14(12(2)3)18(21)16(13(4)5)17(15)20-22;1-2/h11-13,20-22H,6-10H2,1-5H3;1-2H3. The van der Waals surface area contributed by atoms with E-state index in [4.69, 9.17) is 4.74 Å². The molecule has 0 spiro atoms. The van der Waals surface area contributed by atoms with Gasteiger partial charge in [0.2, 0.25) is 0 Å². The molecule has 0 aromatic heterocycles. The van der Waals surface area contributed by atoms with Crippen molar-refractivity contribution < 1.29 is 15.1 Å². The average Bonchev–Trinajstić information content (AvgIpc) is 2.54. The van der Waals surface area contributed by atoms with E-state index in [1.807, 2.05) is 33.8 Å². The number of phenols is 1. The molecular weight excluding hydrogens is 314 g/mol. The monoisotopic (exact) mass is 351 g/mol. The SMILES string of the molecule is CC.CCCC1(Oc2cc(C(C)C)c(O)c(C(C)C)c2NO)CCC1. The number of rotatable bonds is 7. The van der Waals surface area contributed by atoms with E-state index in [1.165, 1.54) is 6.42 Å². The maximum absolute atomic E-state index is 10.6. The molecule has 1 aromatic rings. The van der Waals surface area contributed by atoms with Crippen molar-refractivity contribution >= 4 is 5.69 Å². The summed E-state index contributed by atoms with van der Waals surface area (Å²) in [5, 5.41) is 20.3. The Bertz CT molecular complexity index is 549. The lowest BCUT2D eigenvalue weighted by molar-refractivity contribution is -0.0151. The van der Waals surface area contributed by atoms with Crippen LogP contribution in [0.5, 0.6) is 11.5 Å². The molecule has 3 N–H and O–H groups in total. The van der Waals surface area contributed by atoms with Gasteiger partial charge in [0.15, 0.2) is 0 Å². The van der Waals surface area contributed by atoms with Crippen LogP contribution in [-0.2, 0) is 0 Å². The zero-order chi connectivity index (χ0) is 19.2. The van der Waals surface area contributed by atoms with Crippen LogP contribution in [0.2, 0.25) is 0 Å². The summed E-state index contributed by atoms with van der Waals surface area (Å²) in [5.74, 6) is 1.18. The highest BCUT2D eigenvalue weighted by molar-refractivity contribution is 5.69. The summed E-state index contributed by atoms with van der Waals surface area (Å²) in [4.78, 5) is 0. The number of ether oxygens (including phenoxy) is 1. The molecule has 4 nitrogen and oxygen atoms in total. The first-order valence-electron chi connectivity index (χ1n) is 9.84. The number of anilines is 1. The largest absolute Gasteiger partial charge is 0.507 e. The van der Waals surface area contributed by atoms with Gasteiger partial charge in [-0.3, -0.25) is 10.7 Å². The topological polar surface area (TPSA) is 61.7 Å². The fourth-order valence-electron chi connectivity index (χ4n) is 3.55. The zero-order valence-corrected chi connectivity index (χ0v) is 17.1. The zero-order valence-electron chi connectivity index (χ0n) is 17.1. The molecule has 2 rings (SSSR count). The highest BCUT2D eigenvalue weighted by Crippen LogP contribution is 2.48. The van der Waals surface area contributed by atoms with Gasteiger partial charge in [0.1, 0.15) is 22.8 Å². The van der Waals surface area contributed by atoms with Crippen LogP contribution in [0.1, 0.15) is 104 Å². The molecule has 0 unspecified atom stereocenters. The molecule has 0 bridgehead atoms. The van der Waals surface area contributed by atoms with Gasteiger partial charge in [-0.05, 0) is 43.6 Å².